The monoisotopic (exact) mass is 346 g/mol. The largest absolute Gasteiger partial charge is 0.361 e. The van der Waals surface area contributed by atoms with Crippen LogP contribution in [0.3, 0.4) is 0 Å². The molecule has 1 aliphatic heterocycles. The second-order valence-corrected chi connectivity index (χ2v) is 7.19. The van der Waals surface area contributed by atoms with Gasteiger partial charge in [-0.1, -0.05) is 35.0 Å². The average Bonchev–Trinajstić information content (AvgIpc) is 3.26. The first-order valence-corrected chi connectivity index (χ1v) is 8.76. The minimum Gasteiger partial charge on any atom is -0.361 e. The van der Waals surface area contributed by atoms with E-state index in [0.29, 0.717) is 9.90 Å². The van der Waals surface area contributed by atoms with E-state index in [-0.39, 0.29) is 11.9 Å². The van der Waals surface area contributed by atoms with Crippen LogP contribution < -0.4 is 0 Å². The summed E-state index contributed by atoms with van der Waals surface area (Å²) in [7, 11) is 0. The van der Waals surface area contributed by atoms with E-state index >= 15 is 0 Å². The van der Waals surface area contributed by atoms with E-state index in [1.807, 2.05) is 42.2 Å². The molecule has 6 heteroatoms. The summed E-state index contributed by atoms with van der Waals surface area (Å²) in [4.78, 5) is 15.5. The van der Waals surface area contributed by atoms with Crippen LogP contribution in [0, 0.1) is 6.92 Å². The summed E-state index contributed by atoms with van der Waals surface area (Å²) in [5, 5.41) is 5.58. The molecule has 4 nitrogen and oxygen atoms in total. The van der Waals surface area contributed by atoms with Crippen molar-refractivity contribution in [2.24, 2.45) is 0 Å². The van der Waals surface area contributed by atoms with Crippen LogP contribution in [0.4, 0.5) is 0 Å². The zero-order chi connectivity index (χ0) is 16.0. The number of carbonyl (C=O) groups excluding carboxylic acids is 1. The van der Waals surface area contributed by atoms with E-state index < -0.39 is 0 Å². The van der Waals surface area contributed by atoms with Crippen molar-refractivity contribution in [1.29, 1.82) is 0 Å². The van der Waals surface area contributed by atoms with Gasteiger partial charge in [-0.25, -0.2) is 0 Å². The molecule has 3 heterocycles. The van der Waals surface area contributed by atoms with Gasteiger partial charge in [0.15, 0.2) is 0 Å². The lowest BCUT2D eigenvalue weighted by Gasteiger charge is -2.22. The van der Waals surface area contributed by atoms with Crippen molar-refractivity contribution in [2.45, 2.75) is 25.8 Å². The number of likely N-dealkylation sites (tertiary alicyclic amines) is 1. The number of rotatable bonds is 2. The Morgan fingerprint density at radius 3 is 3.00 bits per heavy atom. The number of halogens is 1. The van der Waals surface area contributed by atoms with Crippen molar-refractivity contribution >= 4 is 38.9 Å². The molecule has 1 saturated heterocycles. The van der Waals surface area contributed by atoms with Gasteiger partial charge in [-0.15, -0.1) is 11.3 Å². The number of hydrogen-bond acceptors (Lipinski definition) is 4. The van der Waals surface area contributed by atoms with Gasteiger partial charge in [-0.05, 0) is 25.8 Å². The number of carbonyl (C=O) groups is 1. The number of nitrogens with zero attached hydrogens (tertiary/aromatic N) is 2. The number of thiophene rings is 1. The molecular weight excluding hydrogens is 332 g/mol. The second-order valence-electron chi connectivity index (χ2n) is 5.76. The maximum atomic E-state index is 13.0. The molecule has 4 rings (SSSR count). The molecule has 0 saturated carbocycles. The second kappa shape index (κ2) is 5.65. The molecule has 3 aromatic rings. The Kier molecular flexibility index (Phi) is 3.62. The van der Waals surface area contributed by atoms with Gasteiger partial charge >= 0.3 is 0 Å². The van der Waals surface area contributed by atoms with Crippen molar-refractivity contribution in [1.82, 2.24) is 10.1 Å². The van der Waals surface area contributed by atoms with Gasteiger partial charge in [-0.3, -0.25) is 4.79 Å². The van der Waals surface area contributed by atoms with Gasteiger partial charge in [0.2, 0.25) is 0 Å². The Hall–Kier alpha value is -1.85. The highest BCUT2D eigenvalue weighted by molar-refractivity contribution is 7.21. The van der Waals surface area contributed by atoms with E-state index in [4.69, 9.17) is 16.1 Å². The SMILES string of the molecule is Cc1cc([C@@H]2CCCN2C(=O)c2sc3ccccc3c2Cl)no1. The van der Waals surface area contributed by atoms with Crippen molar-refractivity contribution in [3.05, 3.63) is 51.7 Å². The number of benzene rings is 1. The van der Waals surface area contributed by atoms with Crippen LogP contribution in [0.1, 0.15) is 40.0 Å². The molecule has 0 unspecified atom stereocenters. The summed E-state index contributed by atoms with van der Waals surface area (Å²) in [6.07, 6.45) is 1.87. The van der Waals surface area contributed by atoms with Gasteiger partial charge in [0.1, 0.15) is 16.3 Å². The van der Waals surface area contributed by atoms with E-state index in [9.17, 15) is 4.79 Å². The van der Waals surface area contributed by atoms with Gasteiger partial charge in [0.25, 0.3) is 5.91 Å². The molecular formula is C17H15ClN2O2S. The summed E-state index contributed by atoms with van der Waals surface area (Å²) in [5.41, 5.74) is 0.825. The number of fused-ring (bicyclic) bond motifs is 1. The summed E-state index contributed by atoms with van der Waals surface area (Å²) >= 11 is 7.91. The molecule has 23 heavy (non-hydrogen) atoms. The number of amides is 1. The third-order valence-corrected chi connectivity index (χ3v) is 5.89. The van der Waals surface area contributed by atoms with Gasteiger partial charge in [-0.2, -0.15) is 0 Å². The lowest BCUT2D eigenvalue weighted by atomic mass is 10.1. The highest BCUT2D eigenvalue weighted by Crippen LogP contribution is 2.39. The molecule has 1 aliphatic rings. The third kappa shape index (κ3) is 2.44. The van der Waals surface area contributed by atoms with Crippen molar-refractivity contribution in [2.75, 3.05) is 6.54 Å². The van der Waals surface area contributed by atoms with E-state index in [1.54, 1.807) is 0 Å². The lowest BCUT2D eigenvalue weighted by Crippen LogP contribution is -2.30. The van der Waals surface area contributed by atoms with Crippen LogP contribution in [0.5, 0.6) is 0 Å². The lowest BCUT2D eigenvalue weighted by molar-refractivity contribution is 0.0736. The summed E-state index contributed by atoms with van der Waals surface area (Å²) in [5.74, 6) is 0.749. The number of hydrogen-bond donors (Lipinski definition) is 0. The molecule has 0 bridgehead atoms. The van der Waals surface area contributed by atoms with Crippen LogP contribution in [-0.4, -0.2) is 22.5 Å². The van der Waals surface area contributed by atoms with Crippen LogP contribution in [0.2, 0.25) is 5.02 Å². The number of aromatic nitrogens is 1. The molecule has 1 atom stereocenters. The fourth-order valence-electron chi connectivity index (χ4n) is 3.14. The van der Waals surface area contributed by atoms with Crippen LogP contribution in [-0.2, 0) is 0 Å². The molecule has 0 spiro atoms. The fourth-order valence-corrected chi connectivity index (χ4v) is 4.61. The maximum Gasteiger partial charge on any atom is 0.266 e. The van der Waals surface area contributed by atoms with Crippen LogP contribution >= 0.6 is 22.9 Å². The first-order valence-electron chi connectivity index (χ1n) is 7.56. The molecule has 0 N–H and O–H groups in total. The summed E-state index contributed by atoms with van der Waals surface area (Å²) < 4.78 is 6.21. The van der Waals surface area contributed by atoms with E-state index in [2.05, 4.69) is 5.16 Å². The molecule has 2 aromatic heterocycles. The van der Waals surface area contributed by atoms with Crippen molar-refractivity contribution in [3.8, 4) is 0 Å². The van der Waals surface area contributed by atoms with Gasteiger partial charge < -0.3 is 9.42 Å². The van der Waals surface area contributed by atoms with Crippen molar-refractivity contribution in [3.63, 3.8) is 0 Å². The molecule has 1 amide bonds. The molecule has 118 valence electrons. The van der Waals surface area contributed by atoms with Crippen LogP contribution in [0.25, 0.3) is 10.1 Å². The molecule has 0 radical (unpaired) electrons. The summed E-state index contributed by atoms with van der Waals surface area (Å²) in [6, 6.07) is 9.72. The minimum absolute atomic E-state index is 0.0145. The third-order valence-electron chi connectivity index (χ3n) is 4.23. The average molecular weight is 347 g/mol. The fraction of sp³-hybridized carbons (Fsp3) is 0.294. The standard InChI is InChI=1S/C17H15ClN2O2S/c1-10-9-12(19-22-10)13-6-4-8-20(13)17(21)16-15(18)11-5-2-3-7-14(11)23-16/h2-3,5,7,9,13H,4,6,8H2,1H3/t13-/m0/s1. The summed E-state index contributed by atoms with van der Waals surface area (Å²) in [6.45, 7) is 2.58. The first kappa shape index (κ1) is 14.7. The zero-order valence-corrected chi connectivity index (χ0v) is 14.2. The molecule has 1 fully saturated rings. The Morgan fingerprint density at radius 1 is 1.43 bits per heavy atom. The molecule has 1 aromatic carbocycles. The van der Waals surface area contributed by atoms with Gasteiger partial charge in [0.05, 0.1) is 11.1 Å². The first-order chi connectivity index (χ1) is 11.1. The predicted molar refractivity (Wildman–Crippen MR) is 91.1 cm³/mol. The smallest absolute Gasteiger partial charge is 0.266 e. The Balaban J connectivity index is 1.71. The van der Waals surface area contributed by atoms with Crippen LogP contribution in [0.15, 0.2) is 34.9 Å². The maximum absolute atomic E-state index is 13.0. The van der Waals surface area contributed by atoms with E-state index in [0.717, 1.165) is 40.9 Å². The minimum atomic E-state index is -0.0266. The Labute approximate surface area is 142 Å². The highest BCUT2D eigenvalue weighted by atomic mass is 35.5. The Bertz CT molecular complexity index is 886. The zero-order valence-electron chi connectivity index (χ0n) is 12.6. The predicted octanol–water partition coefficient (Wildman–Crippen LogP) is 4.83. The topological polar surface area (TPSA) is 46.3 Å². The number of aryl methyl sites for hydroxylation is 1. The van der Waals surface area contributed by atoms with E-state index in [1.165, 1.54) is 11.3 Å². The quantitative estimate of drug-likeness (QED) is 0.667. The molecule has 0 aliphatic carbocycles. The Morgan fingerprint density at radius 2 is 2.26 bits per heavy atom. The van der Waals surface area contributed by atoms with Crippen molar-refractivity contribution < 1.29 is 9.32 Å². The normalized spacial score (nSPS) is 18.0. The highest BCUT2D eigenvalue weighted by Gasteiger charge is 2.34. The van der Waals surface area contributed by atoms with Gasteiger partial charge in [0, 0.05) is 22.7 Å².